The first-order valence-corrected chi connectivity index (χ1v) is 9.39. The van der Waals surface area contributed by atoms with Gasteiger partial charge in [-0.1, -0.05) is 64.1 Å². The molecule has 0 aliphatic carbocycles. The van der Waals surface area contributed by atoms with Crippen LogP contribution in [-0.4, -0.2) is 5.91 Å². The molecule has 2 aromatic rings. The lowest BCUT2D eigenvalue weighted by Crippen LogP contribution is -2.17. The maximum atomic E-state index is 12.7. The molecule has 2 aromatic carbocycles. The molecule has 0 aromatic heterocycles. The van der Waals surface area contributed by atoms with Crippen LogP contribution in [0.15, 0.2) is 54.2 Å². The van der Waals surface area contributed by atoms with E-state index in [-0.39, 0.29) is 5.57 Å². The molecule has 0 spiro atoms. The van der Waals surface area contributed by atoms with E-state index in [0.717, 1.165) is 40.9 Å². The summed E-state index contributed by atoms with van der Waals surface area (Å²) in [7, 11) is 0. The molecular formula is C23H27N3O. The molecule has 4 nitrogen and oxygen atoms in total. The number of nitriles is 1. The predicted octanol–water partition coefficient (Wildman–Crippen LogP) is 5.39. The second-order valence-electron chi connectivity index (χ2n) is 6.67. The van der Waals surface area contributed by atoms with E-state index in [1.807, 2.05) is 48.5 Å². The number of anilines is 2. The van der Waals surface area contributed by atoms with Gasteiger partial charge in [0.05, 0.1) is 0 Å². The number of carbonyl (C=O) groups is 1. The number of para-hydroxylation sites is 2. The Morgan fingerprint density at radius 3 is 2.26 bits per heavy atom. The van der Waals surface area contributed by atoms with Crippen LogP contribution in [-0.2, 0) is 17.6 Å². The zero-order chi connectivity index (χ0) is 19.8. The van der Waals surface area contributed by atoms with Gasteiger partial charge in [0.25, 0.3) is 5.91 Å². The normalized spacial score (nSPS) is 11.2. The molecule has 0 bridgehead atoms. The molecule has 0 unspecified atom stereocenters. The summed E-state index contributed by atoms with van der Waals surface area (Å²) >= 11 is 0. The number of hydrogen-bond acceptors (Lipinski definition) is 3. The lowest BCUT2D eigenvalue weighted by atomic mass is 10.0. The number of carbonyl (C=O) groups excluding carboxylic acids is 1. The molecule has 2 rings (SSSR count). The molecule has 0 heterocycles. The van der Waals surface area contributed by atoms with E-state index < -0.39 is 5.91 Å². The van der Waals surface area contributed by atoms with Crippen molar-refractivity contribution >= 4 is 17.3 Å². The van der Waals surface area contributed by atoms with Crippen LogP contribution in [0, 0.1) is 11.3 Å². The van der Waals surface area contributed by atoms with Crippen molar-refractivity contribution in [1.82, 2.24) is 0 Å². The fourth-order valence-corrected chi connectivity index (χ4v) is 3.01. The first-order valence-electron chi connectivity index (χ1n) is 9.39. The molecule has 0 fully saturated rings. The lowest BCUT2D eigenvalue weighted by molar-refractivity contribution is -0.112. The van der Waals surface area contributed by atoms with Crippen molar-refractivity contribution in [3.05, 3.63) is 70.9 Å². The van der Waals surface area contributed by atoms with Gasteiger partial charge in [-0.15, -0.1) is 0 Å². The van der Waals surface area contributed by atoms with Crippen LogP contribution < -0.4 is 10.6 Å². The molecule has 27 heavy (non-hydrogen) atoms. The molecule has 0 aliphatic heterocycles. The largest absolute Gasteiger partial charge is 0.360 e. The minimum atomic E-state index is -0.400. The Bertz CT molecular complexity index is 853. The van der Waals surface area contributed by atoms with Gasteiger partial charge < -0.3 is 10.6 Å². The summed E-state index contributed by atoms with van der Waals surface area (Å²) in [6, 6.07) is 15.9. The molecule has 0 saturated carbocycles. The van der Waals surface area contributed by atoms with Crippen molar-refractivity contribution < 1.29 is 4.79 Å². The monoisotopic (exact) mass is 361 g/mol. The van der Waals surface area contributed by atoms with E-state index in [9.17, 15) is 10.1 Å². The molecule has 0 saturated heterocycles. The number of aryl methyl sites for hydroxylation is 2. The van der Waals surface area contributed by atoms with Crippen molar-refractivity contribution in [3.63, 3.8) is 0 Å². The van der Waals surface area contributed by atoms with Gasteiger partial charge in [-0.25, -0.2) is 0 Å². The van der Waals surface area contributed by atoms with E-state index in [1.165, 1.54) is 6.20 Å². The van der Waals surface area contributed by atoms with Crippen LogP contribution in [0.1, 0.15) is 50.3 Å². The number of benzene rings is 2. The lowest BCUT2D eigenvalue weighted by Gasteiger charge is -2.15. The zero-order valence-corrected chi connectivity index (χ0v) is 16.5. The predicted molar refractivity (Wildman–Crippen MR) is 112 cm³/mol. The maximum Gasteiger partial charge on any atom is 0.267 e. The summed E-state index contributed by atoms with van der Waals surface area (Å²) in [4.78, 5) is 12.7. The first kappa shape index (κ1) is 20.3. The highest BCUT2D eigenvalue weighted by Gasteiger charge is 2.14. The number of hydrogen-bond donors (Lipinski definition) is 2. The van der Waals surface area contributed by atoms with Gasteiger partial charge in [0.15, 0.2) is 0 Å². The van der Waals surface area contributed by atoms with E-state index >= 15 is 0 Å². The van der Waals surface area contributed by atoms with Gasteiger partial charge in [0, 0.05) is 17.6 Å². The van der Waals surface area contributed by atoms with Crippen LogP contribution in [0.2, 0.25) is 0 Å². The molecule has 0 radical (unpaired) electrons. The summed E-state index contributed by atoms with van der Waals surface area (Å²) in [5, 5.41) is 15.5. The third-order valence-corrected chi connectivity index (χ3v) is 4.56. The molecule has 1 amide bonds. The Hall–Kier alpha value is -3.06. The van der Waals surface area contributed by atoms with Gasteiger partial charge in [-0.05, 0) is 41.5 Å². The average Bonchev–Trinajstić information content (AvgIpc) is 2.68. The minimum absolute atomic E-state index is 0.0431. The second kappa shape index (κ2) is 9.59. The average molecular weight is 361 g/mol. The number of amides is 1. The number of nitrogens with one attached hydrogen (secondary N) is 2. The van der Waals surface area contributed by atoms with Gasteiger partial charge >= 0.3 is 0 Å². The topological polar surface area (TPSA) is 64.9 Å². The summed E-state index contributed by atoms with van der Waals surface area (Å²) in [5.41, 5.74) is 5.03. The summed E-state index contributed by atoms with van der Waals surface area (Å²) in [6.45, 7) is 8.32. The van der Waals surface area contributed by atoms with Crippen molar-refractivity contribution in [1.29, 1.82) is 5.26 Å². The number of rotatable bonds is 7. The van der Waals surface area contributed by atoms with Gasteiger partial charge in [0.2, 0.25) is 0 Å². The fourth-order valence-electron chi connectivity index (χ4n) is 3.01. The van der Waals surface area contributed by atoms with Crippen LogP contribution in [0.25, 0.3) is 0 Å². The molecular weight excluding hydrogens is 334 g/mol. The van der Waals surface area contributed by atoms with Gasteiger partial charge in [-0.3, -0.25) is 4.79 Å². The van der Waals surface area contributed by atoms with Crippen LogP contribution in [0.3, 0.4) is 0 Å². The summed E-state index contributed by atoms with van der Waals surface area (Å²) in [6.07, 6.45) is 3.11. The van der Waals surface area contributed by atoms with E-state index in [0.29, 0.717) is 5.92 Å². The van der Waals surface area contributed by atoms with Crippen molar-refractivity contribution in [2.24, 2.45) is 0 Å². The van der Waals surface area contributed by atoms with Crippen LogP contribution in [0.5, 0.6) is 0 Å². The maximum absolute atomic E-state index is 12.7. The third-order valence-electron chi connectivity index (χ3n) is 4.56. The molecule has 4 heteroatoms. The Morgan fingerprint density at radius 1 is 1.07 bits per heavy atom. The fraction of sp³-hybridized carbons (Fsp3) is 0.304. The first-order chi connectivity index (χ1) is 13.0. The Labute approximate surface area is 161 Å². The van der Waals surface area contributed by atoms with Crippen LogP contribution in [0.4, 0.5) is 11.4 Å². The standard InChI is InChI=1S/C23H27N3O/c1-5-17-10-9-11-18(6-2)22(17)26-23(27)19(14-24)15-25-21-13-8-7-12-20(21)16(3)4/h7-13,15-16,25H,5-6H2,1-4H3,(H,26,27)/b19-15-. The van der Waals surface area contributed by atoms with Gasteiger partial charge in [0.1, 0.15) is 11.6 Å². The molecule has 0 atom stereocenters. The van der Waals surface area contributed by atoms with Crippen LogP contribution >= 0.6 is 0 Å². The highest BCUT2D eigenvalue weighted by Crippen LogP contribution is 2.25. The quantitative estimate of drug-likeness (QED) is 0.513. The van der Waals surface area contributed by atoms with E-state index in [2.05, 4.69) is 38.3 Å². The third kappa shape index (κ3) is 4.98. The SMILES string of the molecule is CCc1cccc(CC)c1NC(=O)/C(C#N)=C\Nc1ccccc1C(C)C. The zero-order valence-electron chi connectivity index (χ0n) is 16.5. The van der Waals surface area contributed by atoms with Gasteiger partial charge in [-0.2, -0.15) is 5.26 Å². The minimum Gasteiger partial charge on any atom is -0.360 e. The van der Waals surface area contributed by atoms with E-state index in [1.54, 1.807) is 0 Å². The molecule has 2 N–H and O–H groups in total. The van der Waals surface area contributed by atoms with Crippen molar-refractivity contribution in [3.8, 4) is 6.07 Å². The highest BCUT2D eigenvalue weighted by atomic mass is 16.1. The summed E-state index contributed by atoms with van der Waals surface area (Å²) < 4.78 is 0. The molecule has 0 aliphatic rings. The van der Waals surface area contributed by atoms with E-state index in [4.69, 9.17) is 0 Å². The Kier molecular flexibility index (Phi) is 7.19. The second-order valence-corrected chi connectivity index (χ2v) is 6.67. The van der Waals surface area contributed by atoms with Crippen molar-refractivity contribution in [2.75, 3.05) is 10.6 Å². The number of nitrogens with zero attached hydrogens (tertiary/aromatic N) is 1. The Morgan fingerprint density at radius 2 is 1.70 bits per heavy atom. The molecule has 140 valence electrons. The Balaban J connectivity index is 2.25. The smallest absolute Gasteiger partial charge is 0.267 e. The van der Waals surface area contributed by atoms with Crippen molar-refractivity contribution in [2.45, 2.75) is 46.5 Å². The highest BCUT2D eigenvalue weighted by molar-refractivity contribution is 6.07. The summed E-state index contributed by atoms with van der Waals surface area (Å²) in [5.74, 6) is -0.0624.